The molecule has 6 aromatic rings. The average molecular weight is 1100 g/mol. The van der Waals surface area contributed by atoms with Crippen molar-refractivity contribution in [1.82, 2.24) is 0 Å². The number of non-ortho nitro benzene ring substituents is 2. The number of nitro groups is 2. The summed E-state index contributed by atoms with van der Waals surface area (Å²) < 4.78 is 160. The molecule has 0 radical (unpaired) electrons. The summed E-state index contributed by atoms with van der Waals surface area (Å²) in [4.78, 5) is 47.9. The molecule has 0 aliphatic rings. The summed E-state index contributed by atoms with van der Waals surface area (Å²) in [6.45, 7) is -1.16. The van der Waals surface area contributed by atoms with Gasteiger partial charge in [-0.15, -0.1) is 0 Å². The van der Waals surface area contributed by atoms with Gasteiger partial charge < -0.3 is 28.8 Å². The van der Waals surface area contributed by atoms with E-state index >= 15 is 17.6 Å². The van der Waals surface area contributed by atoms with Crippen molar-refractivity contribution in [2.24, 2.45) is 0 Å². The molecule has 0 spiro atoms. The van der Waals surface area contributed by atoms with Gasteiger partial charge in [0, 0.05) is 60.7 Å². The molecule has 0 saturated carbocycles. The lowest BCUT2D eigenvalue weighted by Gasteiger charge is -2.19. The Morgan fingerprint density at radius 1 is 0.538 bits per heavy atom. The topological polar surface area (TPSA) is 187 Å². The zero-order valence-electron chi connectivity index (χ0n) is 40.2. The third kappa shape index (κ3) is 17.6. The highest BCUT2D eigenvalue weighted by Gasteiger charge is 2.36. The van der Waals surface area contributed by atoms with E-state index in [1.807, 2.05) is 0 Å². The molecule has 24 heteroatoms. The monoisotopic (exact) mass is 1100 g/mol. The molecule has 6 aromatic carbocycles. The van der Waals surface area contributed by atoms with Crippen LogP contribution in [0.15, 0.2) is 145 Å². The fraction of sp³-hybridized carbons (Fsp3) is 0.222. The van der Waals surface area contributed by atoms with Crippen molar-refractivity contribution in [3.8, 4) is 34.1 Å². The van der Waals surface area contributed by atoms with Gasteiger partial charge in [-0.2, -0.15) is 43.9 Å². The molecule has 1 N–H and O–H groups in total. The number of nitro benzene ring substituents is 2. The molecule has 0 unspecified atom stereocenters. The number of carboxylic acid groups (broad SMARTS) is 1. The van der Waals surface area contributed by atoms with Crippen LogP contribution >= 0.6 is 0 Å². The molecule has 0 saturated heterocycles. The zero-order valence-corrected chi connectivity index (χ0v) is 40.2. The van der Waals surface area contributed by atoms with Gasteiger partial charge in [-0.05, 0) is 138 Å². The van der Waals surface area contributed by atoms with E-state index in [2.05, 4.69) is 0 Å². The quantitative estimate of drug-likeness (QED) is 0.0143. The van der Waals surface area contributed by atoms with Crippen LogP contribution in [0.4, 0.5) is 55.3 Å². The second-order valence-corrected chi connectivity index (χ2v) is 16.8. The predicted octanol–water partition coefficient (Wildman–Crippen LogP) is 14.3. The van der Waals surface area contributed by atoms with E-state index in [9.17, 15) is 61.3 Å². The third-order valence-electron chi connectivity index (χ3n) is 11.0. The van der Waals surface area contributed by atoms with Crippen LogP contribution in [0.5, 0.6) is 23.0 Å². The van der Waals surface area contributed by atoms with Crippen LogP contribution in [0.2, 0.25) is 0 Å². The van der Waals surface area contributed by atoms with Gasteiger partial charge in [0.1, 0.15) is 29.6 Å². The van der Waals surface area contributed by atoms with Crippen LogP contribution < -0.4 is 18.9 Å². The summed E-state index contributed by atoms with van der Waals surface area (Å²) in [5.41, 5.74) is -1.95. The van der Waals surface area contributed by atoms with Crippen molar-refractivity contribution in [2.75, 3.05) is 13.2 Å². The van der Waals surface area contributed by atoms with Crippen LogP contribution in [-0.4, -0.2) is 52.5 Å². The number of alkyl halides is 10. The second kappa shape index (κ2) is 25.3. The van der Waals surface area contributed by atoms with E-state index < -0.39 is 94.7 Å². The van der Waals surface area contributed by atoms with E-state index in [1.165, 1.54) is 54.6 Å². The second-order valence-electron chi connectivity index (χ2n) is 16.8. The normalized spacial score (nSPS) is 12.3. The van der Waals surface area contributed by atoms with E-state index in [-0.39, 0.29) is 88.0 Å². The van der Waals surface area contributed by atoms with Crippen molar-refractivity contribution >= 4 is 35.5 Å². The summed E-state index contributed by atoms with van der Waals surface area (Å²) in [5.74, 6) is -2.86. The number of ether oxygens (including phenoxy) is 5. The lowest BCUT2D eigenvalue weighted by molar-refractivity contribution is -0.385. The molecule has 0 aromatic heterocycles. The van der Waals surface area contributed by atoms with Crippen molar-refractivity contribution in [2.45, 2.75) is 63.3 Å². The number of carbonyl (C=O) groups is 2. The number of carboxylic acids is 1. The summed E-state index contributed by atoms with van der Waals surface area (Å²) >= 11 is 0. The Bertz CT molecular complexity index is 3130. The molecule has 0 amide bonds. The first-order chi connectivity index (χ1) is 36.7. The van der Waals surface area contributed by atoms with Crippen molar-refractivity contribution in [3.63, 3.8) is 0 Å². The molecule has 0 fully saturated rings. The first kappa shape index (κ1) is 58.3. The van der Waals surface area contributed by atoms with E-state index in [4.69, 9.17) is 23.7 Å². The van der Waals surface area contributed by atoms with Crippen LogP contribution in [0, 0.1) is 20.2 Å². The van der Waals surface area contributed by atoms with Crippen LogP contribution in [-0.2, 0) is 39.6 Å². The standard InChI is InChI=1S/C54H42F10N2O12/c55-51(56,57)25-1-27-74-43-14-18-45(19-15-43)77-53(61,62)39-8-3-34(4-9-39)7-24-49(67)76-33-38-32-42(66(72)73)13-23-48(38)47-22-12-41(65(70)71)31-36(47)30-37(50(68)69)29-35-5-10-40(11-6-35)54(63,64)78-46-20-16-44(17-21-46)75-28-2-26-52(58,59)60/h3-24,29,31-32H,1-2,25-28,30,33H2,(H,68,69). The Hall–Kier alpha value is -8.96. The van der Waals surface area contributed by atoms with E-state index in [0.29, 0.717) is 0 Å². The molecule has 0 bridgehead atoms. The van der Waals surface area contributed by atoms with Crippen LogP contribution in [0.25, 0.3) is 23.3 Å². The fourth-order valence-corrected chi connectivity index (χ4v) is 7.24. The fourth-order valence-electron chi connectivity index (χ4n) is 7.24. The molecule has 6 rings (SSSR count). The smallest absolute Gasteiger partial charge is 0.426 e. The van der Waals surface area contributed by atoms with Gasteiger partial charge in [0.15, 0.2) is 0 Å². The Morgan fingerprint density at radius 3 is 1.37 bits per heavy atom. The van der Waals surface area contributed by atoms with E-state index in [0.717, 1.165) is 97.1 Å². The van der Waals surface area contributed by atoms with Gasteiger partial charge >= 0.3 is 36.5 Å². The van der Waals surface area contributed by atoms with Gasteiger partial charge in [-0.1, -0.05) is 24.3 Å². The molecule has 78 heavy (non-hydrogen) atoms. The lowest BCUT2D eigenvalue weighted by Crippen LogP contribution is -2.21. The summed E-state index contributed by atoms with van der Waals surface area (Å²) in [6, 6.07) is 25.1. The first-order valence-electron chi connectivity index (χ1n) is 23.0. The number of aliphatic carboxylic acids is 1. The molecule has 0 aliphatic carbocycles. The molecular formula is C54H42F10N2O12. The number of benzene rings is 6. The Labute approximate surface area is 436 Å². The molecular weight excluding hydrogens is 1060 g/mol. The highest BCUT2D eigenvalue weighted by molar-refractivity contribution is 5.93. The van der Waals surface area contributed by atoms with Crippen molar-refractivity contribution < 1.29 is 92.1 Å². The zero-order chi connectivity index (χ0) is 56.8. The number of esters is 1. The Balaban J connectivity index is 1.13. The number of halogens is 10. The Kier molecular flexibility index (Phi) is 18.9. The molecule has 14 nitrogen and oxygen atoms in total. The minimum absolute atomic E-state index is 0.000499. The maximum atomic E-state index is 15.2. The van der Waals surface area contributed by atoms with Gasteiger partial charge in [-0.3, -0.25) is 20.2 Å². The average Bonchev–Trinajstić information content (AvgIpc) is 3.38. The van der Waals surface area contributed by atoms with Gasteiger partial charge in [0.2, 0.25) is 0 Å². The van der Waals surface area contributed by atoms with E-state index in [1.54, 1.807) is 0 Å². The summed E-state index contributed by atoms with van der Waals surface area (Å²) in [5, 5.41) is 34.0. The highest BCUT2D eigenvalue weighted by atomic mass is 19.4. The molecule has 0 aliphatic heterocycles. The number of nitrogens with zero attached hydrogens (tertiary/aromatic N) is 2. The first-order valence-corrected chi connectivity index (χ1v) is 23.0. The minimum atomic E-state index is -4.36. The number of hydrogen-bond donors (Lipinski definition) is 1. The SMILES string of the molecule is O=C(C=Cc1ccc(C(F)(F)Oc2ccc(OCCCC(F)(F)F)cc2)cc1)OCc1cc([N+](=O)[O-])ccc1-c1ccc([N+](=O)[O-])cc1CC(=Cc1ccc(C(F)(F)Oc2ccc(OCCCC(F)(F)F)cc2)cc1)C(=O)O. The third-order valence-corrected chi connectivity index (χ3v) is 11.0. The summed E-state index contributed by atoms with van der Waals surface area (Å²) in [7, 11) is 0. The van der Waals surface area contributed by atoms with Crippen LogP contribution in [0.3, 0.4) is 0 Å². The van der Waals surface area contributed by atoms with Crippen LogP contribution in [0.1, 0.15) is 59.1 Å². The minimum Gasteiger partial charge on any atom is -0.494 e. The van der Waals surface area contributed by atoms with Crippen molar-refractivity contribution in [1.29, 1.82) is 0 Å². The Morgan fingerprint density at radius 2 is 0.949 bits per heavy atom. The molecule has 0 heterocycles. The number of rotatable bonds is 25. The highest BCUT2D eigenvalue weighted by Crippen LogP contribution is 2.37. The van der Waals surface area contributed by atoms with Gasteiger partial charge in [0.25, 0.3) is 11.4 Å². The van der Waals surface area contributed by atoms with Gasteiger partial charge in [0.05, 0.1) is 34.2 Å². The van der Waals surface area contributed by atoms with Crippen molar-refractivity contribution in [3.05, 3.63) is 199 Å². The lowest BCUT2D eigenvalue weighted by atomic mass is 9.91. The number of carbonyl (C=O) groups excluding carboxylic acids is 1. The summed E-state index contributed by atoms with van der Waals surface area (Å²) in [6.07, 6.45) is -16.5. The maximum Gasteiger partial charge on any atom is 0.426 e. The maximum absolute atomic E-state index is 15.2. The molecule has 0 atom stereocenters. The molecule has 410 valence electrons. The number of hydrogen-bond acceptors (Lipinski definition) is 11. The van der Waals surface area contributed by atoms with Gasteiger partial charge in [-0.25, -0.2) is 9.59 Å². The predicted molar refractivity (Wildman–Crippen MR) is 260 cm³/mol. The largest absolute Gasteiger partial charge is 0.494 e.